The van der Waals surface area contributed by atoms with Gasteiger partial charge in [-0.15, -0.1) is 10.2 Å². The number of aromatic nitrogens is 4. The zero-order chi connectivity index (χ0) is 33.9. The van der Waals surface area contributed by atoms with Crippen molar-refractivity contribution in [2.45, 2.75) is 63.6 Å². The third-order valence-corrected chi connectivity index (χ3v) is 10.3. The first kappa shape index (κ1) is 33.2. The SMILES string of the molecule is CCCCOc1ccc(C2C(=C(O)c3nc4c(C)cccn4c3C)C(=O)C(=O)N2c2nnc(SCc3ccc(C)cc3)s2)cc1OCC. The van der Waals surface area contributed by atoms with Crippen molar-refractivity contribution in [1.82, 2.24) is 19.6 Å². The summed E-state index contributed by atoms with van der Waals surface area (Å²) in [6.45, 7) is 10.7. The number of amides is 1. The molecule has 1 unspecified atom stereocenters. The molecule has 1 aliphatic heterocycles. The summed E-state index contributed by atoms with van der Waals surface area (Å²) in [6.07, 6.45) is 3.71. The van der Waals surface area contributed by atoms with Crippen LogP contribution < -0.4 is 14.4 Å². The second-order valence-electron chi connectivity index (χ2n) is 11.6. The van der Waals surface area contributed by atoms with Crippen molar-refractivity contribution in [2.75, 3.05) is 18.1 Å². The number of carbonyl (C=O) groups is 2. The quantitative estimate of drug-likeness (QED) is 0.0354. The van der Waals surface area contributed by atoms with E-state index in [2.05, 4.69) is 41.4 Å². The number of anilines is 1. The predicted octanol–water partition coefficient (Wildman–Crippen LogP) is 7.61. The Bertz CT molecular complexity index is 2020. The molecule has 0 spiro atoms. The van der Waals surface area contributed by atoms with Gasteiger partial charge in [0, 0.05) is 11.9 Å². The fourth-order valence-electron chi connectivity index (χ4n) is 5.62. The first-order valence-electron chi connectivity index (χ1n) is 15.9. The first-order chi connectivity index (χ1) is 23.2. The minimum Gasteiger partial charge on any atom is -0.505 e. The van der Waals surface area contributed by atoms with Gasteiger partial charge in [0.25, 0.3) is 5.78 Å². The van der Waals surface area contributed by atoms with E-state index in [0.29, 0.717) is 51.7 Å². The second-order valence-corrected chi connectivity index (χ2v) is 13.7. The van der Waals surface area contributed by atoms with E-state index in [-0.39, 0.29) is 22.2 Å². The molecule has 2 aromatic carbocycles. The Morgan fingerprint density at radius 1 is 1.00 bits per heavy atom. The number of nitrogens with zero attached hydrogens (tertiary/aromatic N) is 5. The summed E-state index contributed by atoms with van der Waals surface area (Å²) >= 11 is 2.72. The van der Waals surface area contributed by atoms with E-state index in [1.54, 1.807) is 18.2 Å². The number of unbranched alkanes of at least 4 members (excludes halogenated alkanes) is 1. The van der Waals surface area contributed by atoms with Gasteiger partial charge in [-0.05, 0) is 69.0 Å². The molecule has 0 radical (unpaired) electrons. The van der Waals surface area contributed by atoms with Crippen LogP contribution >= 0.6 is 23.1 Å². The van der Waals surface area contributed by atoms with Crippen LogP contribution in [-0.4, -0.2) is 49.6 Å². The van der Waals surface area contributed by atoms with Crippen molar-refractivity contribution in [3.63, 3.8) is 0 Å². The molecule has 6 rings (SSSR count). The fraction of sp³-hybridized carbons (Fsp3) is 0.306. The van der Waals surface area contributed by atoms with Crippen molar-refractivity contribution in [2.24, 2.45) is 0 Å². The summed E-state index contributed by atoms with van der Waals surface area (Å²) in [7, 11) is 0. The lowest BCUT2D eigenvalue weighted by Crippen LogP contribution is -2.29. The van der Waals surface area contributed by atoms with Crippen LogP contribution in [-0.2, 0) is 15.3 Å². The van der Waals surface area contributed by atoms with Gasteiger partial charge in [-0.3, -0.25) is 14.5 Å². The van der Waals surface area contributed by atoms with E-state index in [9.17, 15) is 14.7 Å². The zero-order valence-electron chi connectivity index (χ0n) is 27.5. The van der Waals surface area contributed by atoms with Gasteiger partial charge in [0.1, 0.15) is 11.3 Å². The number of ketones is 1. The summed E-state index contributed by atoms with van der Waals surface area (Å²) in [5.74, 6) is -0.309. The molecule has 248 valence electrons. The number of thioether (sulfide) groups is 1. The van der Waals surface area contributed by atoms with Crippen LogP contribution in [0.1, 0.15) is 66.4 Å². The minimum atomic E-state index is -1.03. The lowest BCUT2D eigenvalue weighted by molar-refractivity contribution is -0.132. The Hall–Kier alpha value is -4.68. The highest BCUT2D eigenvalue weighted by Gasteiger charge is 2.49. The molecule has 1 aliphatic rings. The van der Waals surface area contributed by atoms with Crippen molar-refractivity contribution in [3.8, 4) is 11.5 Å². The molecule has 1 fully saturated rings. The number of imidazole rings is 1. The average Bonchev–Trinajstić information content (AvgIpc) is 3.76. The summed E-state index contributed by atoms with van der Waals surface area (Å²) in [6, 6.07) is 16.4. The molecule has 0 aliphatic carbocycles. The molecule has 12 heteroatoms. The van der Waals surface area contributed by atoms with Gasteiger partial charge < -0.3 is 19.0 Å². The van der Waals surface area contributed by atoms with Gasteiger partial charge in [-0.1, -0.05) is 78.4 Å². The topological polar surface area (TPSA) is 119 Å². The number of pyridine rings is 1. The van der Waals surface area contributed by atoms with Gasteiger partial charge in [-0.25, -0.2) is 4.98 Å². The number of fused-ring (bicyclic) bond motifs is 1. The van der Waals surface area contributed by atoms with E-state index < -0.39 is 17.7 Å². The monoisotopic (exact) mass is 683 g/mol. The highest BCUT2D eigenvalue weighted by molar-refractivity contribution is 8.00. The minimum absolute atomic E-state index is 0.0877. The van der Waals surface area contributed by atoms with Gasteiger partial charge in [-0.2, -0.15) is 0 Å². The Balaban J connectivity index is 1.45. The number of ether oxygens (including phenoxy) is 2. The number of aryl methyl sites for hydroxylation is 3. The van der Waals surface area contributed by atoms with Gasteiger partial charge in [0.05, 0.1) is 30.5 Å². The molecule has 1 atom stereocenters. The summed E-state index contributed by atoms with van der Waals surface area (Å²) in [5.41, 5.74) is 5.18. The lowest BCUT2D eigenvalue weighted by atomic mass is 9.96. The number of carbonyl (C=O) groups excluding carboxylic acids is 2. The van der Waals surface area contributed by atoms with Crippen LogP contribution in [0.3, 0.4) is 0 Å². The van der Waals surface area contributed by atoms with Crippen molar-refractivity contribution < 1.29 is 24.2 Å². The molecule has 48 heavy (non-hydrogen) atoms. The molecule has 1 saturated heterocycles. The van der Waals surface area contributed by atoms with Gasteiger partial charge >= 0.3 is 5.91 Å². The Morgan fingerprint density at radius 2 is 1.79 bits per heavy atom. The summed E-state index contributed by atoms with van der Waals surface area (Å²) in [5, 5.41) is 20.9. The first-order valence-corrected chi connectivity index (χ1v) is 17.7. The van der Waals surface area contributed by atoms with E-state index in [0.717, 1.165) is 24.0 Å². The van der Waals surface area contributed by atoms with Crippen LogP contribution in [0.15, 0.2) is 70.7 Å². The summed E-state index contributed by atoms with van der Waals surface area (Å²) < 4.78 is 14.5. The molecule has 0 bridgehead atoms. The molecule has 4 heterocycles. The Morgan fingerprint density at radius 3 is 2.52 bits per heavy atom. The number of hydrogen-bond donors (Lipinski definition) is 1. The van der Waals surface area contributed by atoms with Gasteiger partial charge in [0.2, 0.25) is 5.13 Å². The van der Waals surface area contributed by atoms with Crippen LogP contribution in [0.5, 0.6) is 11.5 Å². The maximum atomic E-state index is 13.9. The van der Waals surface area contributed by atoms with Crippen LogP contribution in [0.2, 0.25) is 0 Å². The molecular formula is C36H37N5O5S2. The van der Waals surface area contributed by atoms with E-state index >= 15 is 0 Å². The van der Waals surface area contributed by atoms with E-state index in [4.69, 9.17) is 14.5 Å². The molecular weight excluding hydrogens is 647 g/mol. The van der Waals surface area contributed by atoms with Crippen molar-refractivity contribution in [3.05, 3.63) is 100 Å². The number of benzene rings is 2. The highest BCUT2D eigenvalue weighted by atomic mass is 32.2. The largest absolute Gasteiger partial charge is 0.505 e. The number of Topliss-reactive ketones (excluding diaryl/α,β-unsaturated/α-hetero) is 1. The highest BCUT2D eigenvalue weighted by Crippen LogP contribution is 2.46. The number of aliphatic hydroxyl groups excluding tert-OH is 1. The second kappa shape index (κ2) is 14.2. The van der Waals surface area contributed by atoms with Crippen molar-refractivity contribution >= 4 is 51.3 Å². The normalized spacial score (nSPS) is 15.9. The third kappa shape index (κ3) is 6.42. The van der Waals surface area contributed by atoms with Crippen LogP contribution in [0.4, 0.5) is 5.13 Å². The standard InChI is InChI=1S/C36H37N5O5S2/c1-6-8-18-46-26-16-15-25(19-27(26)45-7-2)30-28(31(42)29-23(5)40-17-9-10-22(4)33(40)37-29)32(43)34(44)41(30)35-38-39-36(48-35)47-20-24-13-11-21(3)12-14-24/h9-17,19,30,42H,6-8,18,20H2,1-5H3. The van der Waals surface area contributed by atoms with Crippen LogP contribution in [0.25, 0.3) is 11.4 Å². The van der Waals surface area contributed by atoms with Crippen LogP contribution in [0, 0.1) is 20.8 Å². The number of aliphatic hydroxyl groups is 1. The maximum absolute atomic E-state index is 13.9. The van der Waals surface area contributed by atoms with Crippen molar-refractivity contribution in [1.29, 1.82) is 0 Å². The smallest absolute Gasteiger partial charge is 0.301 e. The molecule has 10 nitrogen and oxygen atoms in total. The third-order valence-electron chi connectivity index (χ3n) is 8.18. The fourth-order valence-corrected chi connectivity index (χ4v) is 7.44. The number of rotatable bonds is 12. The molecule has 0 saturated carbocycles. The van der Waals surface area contributed by atoms with Gasteiger partial charge in [0.15, 0.2) is 21.6 Å². The zero-order valence-corrected chi connectivity index (χ0v) is 29.2. The maximum Gasteiger partial charge on any atom is 0.301 e. The van der Waals surface area contributed by atoms with E-state index in [1.807, 2.05) is 50.4 Å². The molecule has 3 aromatic heterocycles. The van der Waals surface area contributed by atoms with E-state index in [1.165, 1.54) is 33.6 Å². The lowest BCUT2D eigenvalue weighted by Gasteiger charge is -2.23. The molecule has 1 amide bonds. The number of hydrogen-bond acceptors (Lipinski definition) is 10. The predicted molar refractivity (Wildman–Crippen MR) is 188 cm³/mol. The summed E-state index contributed by atoms with van der Waals surface area (Å²) in [4.78, 5) is 33.9. The molecule has 5 aromatic rings. The average molecular weight is 684 g/mol. The molecule has 1 N–H and O–H groups in total. The Labute approximate surface area is 287 Å². The Kier molecular flexibility index (Phi) is 9.83.